The van der Waals surface area contributed by atoms with Crippen molar-refractivity contribution >= 4 is 11.7 Å². The molecule has 0 saturated carbocycles. The summed E-state index contributed by atoms with van der Waals surface area (Å²) in [5.41, 5.74) is 1.32. The molecule has 1 aliphatic rings. The van der Waals surface area contributed by atoms with Gasteiger partial charge in [-0.15, -0.1) is 0 Å². The Morgan fingerprint density at radius 1 is 1.27 bits per heavy atom. The second kappa shape index (κ2) is 8.34. The Kier molecular flexibility index (Phi) is 5.69. The molecular weight excluding hydrogens is 328 g/mol. The van der Waals surface area contributed by atoms with Crippen LogP contribution in [-0.4, -0.2) is 42.0 Å². The van der Waals surface area contributed by atoms with Crippen molar-refractivity contribution in [3.63, 3.8) is 0 Å². The maximum absolute atomic E-state index is 12.6. The second-order valence-electron chi connectivity index (χ2n) is 6.31. The Hall–Kier alpha value is -3.07. The number of para-hydroxylation sites is 1. The van der Waals surface area contributed by atoms with Crippen LogP contribution >= 0.6 is 0 Å². The molecule has 1 aromatic heterocycles. The van der Waals surface area contributed by atoms with Crippen molar-refractivity contribution in [2.24, 2.45) is 0 Å². The number of hydrogen-bond acceptors (Lipinski definition) is 5. The lowest BCUT2D eigenvalue weighted by atomic mass is 10.0. The summed E-state index contributed by atoms with van der Waals surface area (Å²) in [7, 11) is 1.62. The third-order valence-corrected chi connectivity index (χ3v) is 4.60. The Morgan fingerprint density at radius 2 is 2.04 bits per heavy atom. The fourth-order valence-electron chi connectivity index (χ4n) is 3.18. The molecule has 1 fully saturated rings. The molecular formula is C20H22N4O2. The third-order valence-electron chi connectivity index (χ3n) is 4.60. The van der Waals surface area contributed by atoms with Crippen molar-refractivity contribution < 1.29 is 9.53 Å². The number of carbonyl (C=O) groups is 1. The van der Waals surface area contributed by atoms with Crippen molar-refractivity contribution in [2.75, 3.05) is 25.5 Å². The minimum absolute atomic E-state index is 0.123. The maximum atomic E-state index is 12.6. The van der Waals surface area contributed by atoms with Gasteiger partial charge in [0.1, 0.15) is 23.3 Å². The monoisotopic (exact) mass is 350 g/mol. The van der Waals surface area contributed by atoms with Crippen LogP contribution in [0.5, 0.6) is 5.75 Å². The van der Waals surface area contributed by atoms with Crippen LogP contribution in [-0.2, 0) is 11.2 Å². The number of amides is 1. The van der Waals surface area contributed by atoms with Gasteiger partial charge < -0.3 is 15.0 Å². The van der Waals surface area contributed by atoms with Crippen molar-refractivity contribution in [1.82, 2.24) is 9.88 Å². The molecule has 6 nitrogen and oxygen atoms in total. The Morgan fingerprint density at radius 3 is 2.77 bits per heavy atom. The van der Waals surface area contributed by atoms with Gasteiger partial charge in [0.25, 0.3) is 0 Å². The van der Waals surface area contributed by atoms with E-state index < -0.39 is 0 Å². The summed E-state index contributed by atoms with van der Waals surface area (Å²) in [6.07, 6.45) is 2.07. The number of anilines is 1. The number of likely N-dealkylation sites (tertiary alicyclic amines) is 1. The average Bonchev–Trinajstić information content (AvgIpc) is 2.69. The Balaban J connectivity index is 1.53. The molecule has 1 saturated heterocycles. The first-order valence-corrected chi connectivity index (χ1v) is 8.73. The standard InChI is InChI=1S/C20H22N4O2/c1-26-18-7-3-2-5-15(18)13-20(25)24-11-9-16(10-12-24)22-19-8-4-6-17(14-21)23-19/h2-8,16H,9-13H2,1H3,(H,22,23). The lowest BCUT2D eigenvalue weighted by Crippen LogP contribution is -2.43. The highest BCUT2D eigenvalue weighted by molar-refractivity contribution is 5.79. The summed E-state index contributed by atoms with van der Waals surface area (Å²) < 4.78 is 5.33. The highest BCUT2D eigenvalue weighted by Crippen LogP contribution is 2.20. The summed E-state index contributed by atoms with van der Waals surface area (Å²) in [5, 5.41) is 12.3. The first-order valence-electron chi connectivity index (χ1n) is 8.73. The molecule has 1 N–H and O–H groups in total. The molecule has 26 heavy (non-hydrogen) atoms. The van der Waals surface area contributed by atoms with Crippen LogP contribution in [0.2, 0.25) is 0 Å². The molecule has 2 heterocycles. The normalized spacial score (nSPS) is 14.5. The Labute approximate surface area is 153 Å². The zero-order chi connectivity index (χ0) is 18.4. The largest absolute Gasteiger partial charge is 0.496 e. The number of aromatic nitrogens is 1. The van der Waals surface area contributed by atoms with Crippen molar-refractivity contribution in [3.8, 4) is 11.8 Å². The van der Waals surface area contributed by atoms with E-state index in [-0.39, 0.29) is 11.9 Å². The summed E-state index contributed by atoms with van der Waals surface area (Å²) >= 11 is 0. The van der Waals surface area contributed by atoms with E-state index in [0.717, 1.165) is 24.2 Å². The van der Waals surface area contributed by atoms with Crippen molar-refractivity contribution in [2.45, 2.75) is 25.3 Å². The fourth-order valence-corrected chi connectivity index (χ4v) is 3.18. The summed E-state index contributed by atoms with van der Waals surface area (Å²) in [5.74, 6) is 1.58. The van der Waals surface area contributed by atoms with Gasteiger partial charge in [-0.3, -0.25) is 4.79 Å². The van der Waals surface area contributed by atoms with E-state index in [1.807, 2.05) is 47.4 Å². The molecule has 0 atom stereocenters. The van der Waals surface area contributed by atoms with Crippen LogP contribution in [0.4, 0.5) is 5.82 Å². The molecule has 0 aliphatic carbocycles. The molecule has 1 aromatic carbocycles. The van der Waals surface area contributed by atoms with E-state index in [2.05, 4.69) is 10.3 Å². The molecule has 1 aliphatic heterocycles. The first-order chi connectivity index (χ1) is 12.7. The van der Waals surface area contributed by atoms with Crippen LogP contribution in [0.1, 0.15) is 24.1 Å². The van der Waals surface area contributed by atoms with Gasteiger partial charge in [0.2, 0.25) is 5.91 Å². The highest BCUT2D eigenvalue weighted by Gasteiger charge is 2.23. The van der Waals surface area contributed by atoms with Gasteiger partial charge in [-0.25, -0.2) is 4.98 Å². The summed E-state index contributed by atoms with van der Waals surface area (Å²) in [6, 6.07) is 15.3. The minimum atomic E-state index is 0.123. The number of carbonyl (C=O) groups excluding carboxylic acids is 1. The molecule has 134 valence electrons. The number of rotatable bonds is 5. The highest BCUT2D eigenvalue weighted by atomic mass is 16.5. The van der Waals surface area contributed by atoms with Crippen molar-refractivity contribution in [3.05, 3.63) is 53.7 Å². The number of pyridine rings is 1. The molecule has 3 rings (SSSR count). The topological polar surface area (TPSA) is 78.2 Å². The van der Waals surface area contributed by atoms with E-state index in [0.29, 0.717) is 31.0 Å². The average molecular weight is 350 g/mol. The lowest BCUT2D eigenvalue weighted by molar-refractivity contribution is -0.131. The number of methoxy groups -OCH3 is 1. The molecule has 2 aromatic rings. The molecule has 0 radical (unpaired) electrons. The summed E-state index contributed by atoms with van der Waals surface area (Å²) in [4.78, 5) is 18.7. The van der Waals surface area contributed by atoms with Gasteiger partial charge in [0.15, 0.2) is 0 Å². The van der Waals surface area contributed by atoms with E-state index in [1.165, 1.54) is 0 Å². The number of nitriles is 1. The number of piperidine rings is 1. The number of nitrogens with zero attached hydrogens (tertiary/aromatic N) is 3. The first kappa shape index (κ1) is 17.7. The van der Waals surface area contributed by atoms with E-state index in [4.69, 9.17) is 10.00 Å². The number of ether oxygens (including phenoxy) is 1. The van der Waals surface area contributed by atoms with E-state index in [9.17, 15) is 4.79 Å². The van der Waals surface area contributed by atoms with Gasteiger partial charge in [-0.2, -0.15) is 5.26 Å². The maximum Gasteiger partial charge on any atom is 0.227 e. The van der Waals surface area contributed by atoms with Crippen LogP contribution in [0.15, 0.2) is 42.5 Å². The van der Waals surface area contributed by atoms with Crippen molar-refractivity contribution in [1.29, 1.82) is 5.26 Å². The molecule has 0 spiro atoms. The molecule has 6 heteroatoms. The van der Waals surface area contributed by atoms with Crippen LogP contribution in [0, 0.1) is 11.3 Å². The molecule has 1 amide bonds. The quantitative estimate of drug-likeness (QED) is 0.897. The smallest absolute Gasteiger partial charge is 0.227 e. The molecule has 0 bridgehead atoms. The molecule has 0 unspecified atom stereocenters. The SMILES string of the molecule is COc1ccccc1CC(=O)N1CCC(Nc2cccc(C#N)n2)CC1. The van der Waals surface area contributed by atoms with Crippen LogP contribution in [0.25, 0.3) is 0 Å². The zero-order valence-corrected chi connectivity index (χ0v) is 14.8. The minimum Gasteiger partial charge on any atom is -0.496 e. The Bertz CT molecular complexity index is 807. The number of hydrogen-bond donors (Lipinski definition) is 1. The third kappa shape index (κ3) is 4.31. The predicted molar refractivity (Wildman–Crippen MR) is 98.9 cm³/mol. The van der Waals surface area contributed by atoms with Crippen LogP contribution in [0.3, 0.4) is 0 Å². The van der Waals surface area contributed by atoms with Gasteiger partial charge in [-0.1, -0.05) is 24.3 Å². The lowest BCUT2D eigenvalue weighted by Gasteiger charge is -2.32. The van der Waals surface area contributed by atoms with Crippen LogP contribution < -0.4 is 10.1 Å². The second-order valence-corrected chi connectivity index (χ2v) is 6.31. The van der Waals surface area contributed by atoms with Gasteiger partial charge in [0.05, 0.1) is 13.5 Å². The van der Waals surface area contributed by atoms with Gasteiger partial charge in [0, 0.05) is 24.7 Å². The zero-order valence-electron chi connectivity index (χ0n) is 14.8. The van der Waals surface area contributed by atoms with Gasteiger partial charge >= 0.3 is 0 Å². The number of benzene rings is 1. The van der Waals surface area contributed by atoms with E-state index >= 15 is 0 Å². The fraction of sp³-hybridized carbons (Fsp3) is 0.350. The predicted octanol–water partition coefficient (Wildman–Crippen LogP) is 2.61. The van der Waals surface area contributed by atoms with Gasteiger partial charge in [-0.05, 0) is 31.0 Å². The van der Waals surface area contributed by atoms with E-state index in [1.54, 1.807) is 13.2 Å². The summed E-state index contributed by atoms with van der Waals surface area (Å²) in [6.45, 7) is 1.42. The number of nitrogens with one attached hydrogen (secondary N) is 1.